The standard InChI is InChI=1S/C20H21ClN2O4/c21-15-11-22-8-5-16(15)25-12-14-6-9-23(10-7-14)20(24)19-13-26-17-3-1-2-4-18(17)27-19/h1-5,8,11,14,19H,6-7,9-10,12-13H2. The predicted octanol–water partition coefficient (Wildman–Crippen LogP) is 3.19. The molecule has 6 nitrogen and oxygen atoms in total. The van der Waals surface area contributed by atoms with E-state index in [-0.39, 0.29) is 12.5 Å². The molecule has 0 N–H and O–H groups in total. The molecule has 2 aliphatic rings. The Kier molecular flexibility index (Phi) is 5.34. The van der Waals surface area contributed by atoms with Crippen molar-refractivity contribution in [2.75, 3.05) is 26.3 Å². The lowest BCUT2D eigenvalue weighted by Gasteiger charge is -2.35. The molecule has 142 valence electrons. The van der Waals surface area contributed by atoms with Crippen LogP contribution in [-0.2, 0) is 4.79 Å². The van der Waals surface area contributed by atoms with Gasteiger partial charge in [0, 0.05) is 31.5 Å². The highest BCUT2D eigenvalue weighted by Gasteiger charge is 2.33. The van der Waals surface area contributed by atoms with E-state index in [1.54, 1.807) is 18.5 Å². The van der Waals surface area contributed by atoms with E-state index >= 15 is 0 Å². The van der Waals surface area contributed by atoms with Gasteiger partial charge in [-0.3, -0.25) is 9.78 Å². The molecule has 0 saturated carbocycles. The topological polar surface area (TPSA) is 60.9 Å². The van der Waals surface area contributed by atoms with Gasteiger partial charge < -0.3 is 19.1 Å². The Balaban J connectivity index is 1.27. The smallest absolute Gasteiger partial charge is 0.267 e. The molecule has 1 fully saturated rings. The Bertz CT molecular complexity index is 808. The summed E-state index contributed by atoms with van der Waals surface area (Å²) in [5.74, 6) is 2.34. The first kappa shape index (κ1) is 17.9. The molecule has 0 radical (unpaired) electrons. The second-order valence-electron chi connectivity index (χ2n) is 6.75. The maximum atomic E-state index is 12.8. The first-order valence-corrected chi connectivity index (χ1v) is 9.48. The molecular weight excluding hydrogens is 368 g/mol. The molecule has 1 atom stereocenters. The van der Waals surface area contributed by atoms with Crippen molar-refractivity contribution in [3.05, 3.63) is 47.7 Å². The summed E-state index contributed by atoms with van der Waals surface area (Å²) in [6.45, 7) is 2.22. The highest BCUT2D eigenvalue weighted by molar-refractivity contribution is 6.31. The van der Waals surface area contributed by atoms with Gasteiger partial charge >= 0.3 is 0 Å². The summed E-state index contributed by atoms with van der Waals surface area (Å²) in [5.41, 5.74) is 0. The average Bonchev–Trinajstić information content (AvgIpc) is 2.73. The SMILES string of the molecule is O=C(C1COc2ccccc2O1)N1CCC(COc2ccncc2Cl)CC1. The number of likely N-dealkylation sites (tertiary alicyclic amines) is 1. The number of nitrogens with zero attached hydrogens (tertiary/aromatic N) is 2. The van der Waals surface area contributed by atoms with Crippen LogP contribution >= 0.6 is 11.6 Å². The Hall–Kier alpha value is -2.47. The molecule has 7 heteroatoms. The van der Waals surface area contributed by atoms with Crippen LogP contribution in [-0.4, -0.2) is 48.2 Å². The van der Waals surface area contributed by atoms with Crippen molar-refractivity contribution in [1.82, 2.24) is 9.88 Å². The van der Waals surface area contributed by atoms with Crippen molar-refractivity contribution in [2.24, 2.45) is 5.92 Å². The lowest BCUT2D eigenvalue weighted by atomic mass is 9.97. The summed E-state index contributed by atoms with van der Waals surface area (Å²) in [4.78, 5) is 18.6. The number of fused-ring (bicyclic) bond motifs is 1. The van der Waals surface area contributed by atoms with Gasteiger partial charge in [-0.15, -0.1) is 0 Å². The van der Waals surface area contributed by atoms with Crippen molar-refractivity contribution >= 4 is 17.5 Å². The number of halogens is 1. The van der Waals surface area contributed by atoms with Gasteiger partial charge in [0.1, 0.15) is 17.4 Å². The van der Waals surface area contributed by atoms with Crippen LogP contribution in [0.2, 0.25) is 5.02 Å². The molecule has 2 aliphatic heterocycles. The van der Waals surface area contributed by atoms with Crippen LogP contribution in [0.5, 0.6) is 17.2 Å². The van der Waals surface area contributed by atoms with Crippen molar-refractivity contribution in [2.45, 2.75) is 18.9 Å². The molecular formula is C20H21ClN2O4. The lowest BCUT2D eigenvalue weighted by molar-refractivity contribution is -0.142. The Morgan fingerprint density at radius 1 is 1.22 bits per heavy atom. The second-order valence-corrected chi connectivity index (χ2v) is 7.16. The molecule has 4 rings (SSSR count). The molecule has 0 bridgehead atoms. The van der Waals surface area contributed by atoms with Crippen LogP contribution in [0, 0.1) is 5.92 Å². The fourth-order valence-electron chi connectivity index (χ4n) is 3.35. The van der Waals surface area contributed by atoms with Crippen molar-refractivity contribution in [3.63, 3.8) is 0 Å². The maximum absolute atomic E-state index is 12.8. The van der Waals surface area contributed by atoms with E-state index in [0.717, 1.165) is 12.8 Å². The van der Waals surface area contributed by atoms with E-state index in [1.807, 2.05) is 29.2 Å². The van der Waals surface area contributed by atoms with Gasteiger partial charge in [-0.05, 0) is 30.9 Å². The minimum absolute atomic E-state index is 0.0129. The minimum atomic E-state index is -0.580. The second kappa shape index (κ2) is 8.05. The molecule has 1 aromatic heterocycles. The zero-order valence-corrected chi connectivity index (χ0v) is 15.6. The van der Waals surface area contributed by atoms with E-state index in [1.165, 1.54) is 0 Å². The van der Waals surface area contributed by atoms with Crippen molar-refractivity contribution in [1.29, 1.82) is 0 Å². The highest BCUT2D eigenvalue weighted by Crippen LogP contribution is 2.32. The summed E-state index contributed by atoms with van der Waals surface area (Å²) in [5, 5.41) is 0.514. The minimum Gasteiger partial charge on any atom is -0.492 e. The third kappa shape index (κ3) is 4.11. The molecule has 1 aromatic carbocycles. The number of carbonyl (C=O) groups excluding carboxylic acids is 1. The number of amides is 1. The number of pyridine rings is 1. The maximum Gasteiger partial charge on any atom is 0.267 e. The number of aromatic nitrogens is 1. The molecule has 27 heavy (non-hydrogen) atoms. The van der Waals surface area contributed by atoms with Gasteiger partial charge in [-0.25, -0.2) is 0 Å². The fourth-order valence-corrected chi connectivity index (χ4v) is 3.53. The number of ether oxygens (including phenoxy) is 3. The van der Waals surface area contributed by atoms with Gasteiger partial charge in [0.25, 0.3) is 5.91 Å². The van der Waals surface area contributed by atoms with E-state index in [4.69, 9.17) is 25.8 Å². The monoisotopic (exact) mass is 388 g/mol. The Morgan fingerprint density at radius 3 is 2.78 bits per heavy atom. The zero-order chi connectivity index (χ0) is 18.6. The largest absolute Gasteiger partial charge is 0.492 e. The zero-order valence-electron chi connectivity index (χ0n) is 14.8. The summed E-state index contributed by atoms with van der Waals surface area (Å²) in [6, 6.07) is 9.18. The quantitative estimate of drug-likeness (QED) is 0.805. The number of para-hydroxylation sites is 2. The van der Waals surface area contributed by atoms with Gasteiger partial charge in [0.2, 0.25) is 6.10 Å². The van der Waals surface area contributed by atoms with Crippen LogP contribution in [0.3, 0.4) is 0 Å². The third-order valence-corrected chi connectivity index (χ3v) is 5.20. The highest BCUT2D eigenvalue weighted by atomic mass is 35.5. The summed E-state index contributed by atoms with van der Waals surface area (Å²) < 4.78 is 17.3. The fraction of sp³-hybridized carbons (Fsp3) is 0.400. The first-order chi connectivity index (χ1) is 13.2. The van der Waals surface area contributed by atoms with E-state index in [2.05, 4.69) is 4.98 Å². The molecule has 3 heterocycles. The van der Waals surface area contributed by atoms with Crippen LogP contribution in [0.25, 0.3) is 0 Å². The molecule has 0 aliphatic carbocycles. The van der Waals surface area contributed by atoms with Crippen LogP contribution in [0.15, 0.2) is 42.7 Å². The normalized spacial score (nSPS) is 19.6. The predicted molar refractivity (Wildman–Crippen MR) is 100 cm³/mol. The van der Waals surface area contributed by atoms with Crippen molar-refractivity contribution in [3.8, 4) is 17.2 Å². The van der Waals surface area contributed by atoms with E-state index < -0.39 is 6.10 Å². The van der Waals surface area contributed by atoms with E-state index in [9.17, 15) is 4.79 Å². The molecule has 1 unspecified atom stereocenters. The average molecular weight is 389 g/mol. The lowest BCUT2D eigenvalue weighted by Crippen LogP contribution is -2.49. The Labute approximate surface area is 163 Å². The molecule has 0 spiro atoms. The van der Waals surface area contributed by atoms with Crippen LogP contribution in [0.1, 0.15) is 12.8 Å². The number of piperidine rings is 1. The number of hydrogen-bond acceptors (Lipinski definition) is 5. The van der Waals surface area contributed by atoms with Crippen LogP contribution < -0.4 is 14.2 Å². The molecule has 2 aromatic rings. The third-order valence-electron chi connectivity index (χ3n) is 4.92. The molecule has 1 saturated heterocycles. The van der Waals surface area contributed by atoms with Gasteiger partial charge in [-0.2, -0.15) is 0 Å². The summed E-state index contributed by atoms with van der Waals surface area (Å²) in [6.07, 6.45) is 4.43. The van der Waals surface area contributed by atoms with E-state index in [0.29, 0.717) is 47.9 Å². The molecule has 1 amide bonds. The summed E-state index contributed by atoms with van der Waals surface area (Å²) >= 11 is 6.06. The Morgan fingerprint density at radius 2 is 2.00 bits per heavy atom. The number of carbonyl (C=O) groups is 1. The van der Waals surface area contributed by atoms with Crippen molar-refractivity contribution < 1.29 is 19.0 Å². The van der Waals surface area contributed by atoms with Gasteiger partial charge in [-0.1, -0.05) is 23.7 Å². The number of rotatable bonds is 4. The van der Waals surface area contributed by atoms with Gasteiger partial charge in [0.05, 0.1) is 6.61 Å². The van der Waals surface area contributed by atoms with Crippen LogP contribution in [0.4, 0.5) is 0 Å². The number of hydrogen-bond donors (Lipinski definition) is 0. The van der Waals surface area contributed by atoms with Gasteiger partial charge in [0.15, 0.2) is 11.5 Å². The first-order valence-electron chi connectivity index (χ1n) is 9.10. The summed E-state index contributed by atoms with van der Waals surface area (Å²) in [7, 11) is 0. The number of benzene rings is 1.